The summed E-state index contributed by atoms with van der Waals surface area (Å²) in [6.07, 6.45) is 2.09. The van der Waals surface area contributed by atoms with Gasteiger partial charge >= 0.3 is 0 Å². The van der Waals surface area contributed by atoms with Gasteiger partial charge in [0.2, 0.25) is 0 Å². The first-order valence-electron chi connectivity index (χ1n) is 4.03. The van der Waals surface area contributed by atoms with Gasteiger partial charge in [-0.15, -0.1) is 11.8 Å². The summed E-state index contributed by atoms with van der Waals surface area (Å²) in [6.45, 7) is 2.99. The molecule has 1 fully saturated rings. The van der Waals surface area contributed by atoms with Crippen molar-refractivity contribution in [2.45, 2.75) is 17.4 Å². The fourth-order valence-corrected chi connectivity index (χ4v) is 1.63. The van der Waals surface area contributed by atoms with Crippen LogP contribution in [-0.2, 0) is 10.3 Å². The smallest absolute Gasteiger partial charge is 0.114 e. The van der Waals surface area contributed by atoms with Crippen LogP contribution in [-0.4, -0.2) is 12.9 Å². The number of thioether (sulfide) groups is 1. The lowest BCUT2D eigenvalue weighted by atomic mass is 10.0. The molecule has 0 bridgehead atoms. The van der Waals surface area contributed by atoms with E-state index in [1.165, 1.54) is 10.5 Å². The van der Waals surface area contributed by atoms with Gasteiger partial charge in [-0.3, -0.25) is 0 Å². The first-order valence-corrected chi connectivity index (χ1v) is 5.25. The Bertz CT molecular complexity index is 274. The zero-order valence-corrected chi connectivity index (χ0v) is 8.15. The molecule has 0 aromatic heterocycles. The molecule has 0 amide bonds. The number of benzene rings is 1. The Morgan fingerprint density at radius 2 is 1.92 bits per heavy atom. The lowest BCUT2D eigenvalue weighted by molar-refractivity contribution is 0.329. The third-order valence-electron chi connectivity index (χ3n) is 2.28. The van der Waals surface area contributed by atoms with Crippen molar-refractivity contribution >= 4 is 11.8 Å². The van der Waals surface area contributed by atoms with E-state index in [1.54, 1.807) is 11.8 Å². The van der Waals surface area contributed by atoms with Gasteiger partial charge in [0, 0.05) is 4.90 Å². The Kier molecular flexibility index (Phi) is 1.89. The van der Waals surface area contributed by atoms with E-state index in [-0.39, 0.29) is 5.60 Å². The third kappa shape index (κ3) is 1.37. The van der Waals surface area contributed by atoms with E-state index in [9.17, 15) is 0 Å². The number of epoxide rings is 1. The summed E-state index contributed by atoms with van der Waals surface area (Å²) in [5, 5.41) is 0. The van der Waals surface area contributed by atoms with E-state index in [2.05, 4.69) is 37.4 Å². The largest absolute Gasteiger partial charge is 0.365 e. The van der Waals surface area contributed by atoms with Crippen molar-refractivity contribution in [2.75, 3.05) is 12.9 Å². The fourth-order valence-electron chi connectivity index (χ4n) is 1.22. The molecule has 2 rings (SSSR count). The summed E-state index contributed by atoms with van der Waals surface area (Å²) in [5.41, 5.74) is 1.32. The Morgan fingerprint density at radius 1 is 1.33 bits per heavy atom. The molecule has 1 atom stereocenters. The Hall–Kier alpha value is -0.470. The molecular formula is C10H12OS. The predicted octanol–water partition coefficient (Wildman–Crippen LogP) is 2.65. The minimum absolute atomic E-state index is 0.0247. The fraction of sp³-hybridized carbons (Fsp3) is 0.400. The topological polar surface area (TPSA) is 12.5 Å². The van der Waals surface area contributed by atoms with E-state index < -0.39 is 0 Å². The van der Waals surface area contributed by atoms with Crippen molar-refractivity contribution in [3.8, 4) is 0 Å². The monoisotopic (exact) mass is 180 g/mol. The highest BCUT2D eigenvalue weighted by Crippen LogP contribution is 2.38. The zero-order chi connectivity index (χ0) is 8.60. The number of rotatable bonds is 2. The second kappa shape index (κ2) is 2.79. The molecule has 1 saturated heterocycles. The summed E-state index contributed by atoms with van der Waals surface area (Å²) >= 11 is 1.77. The molecule has 1 aliphatic rings. The quantitative estimate of drug-likeness (QED) is 0.512. The molecule has 1 unspecified atom stereocenters. The average Bonchev–Trinajstić information content (AvgIpc) is 2.85. The molecule has 1 heterocycles. The van der Waals surface area contributed by atoms with Crippen LogP contribution in [0.1, 0.15) is 12.5 Å². The van der Waals surface area contributed by atoms with E-state index >= 15 is 0 Å². The maximum Gasteiger partial charge on any atom is 0.114 e. The summed E-state index contributed by atoms with van der Waals surface area (Å²) in [4.78, 5) is 1.31. The highest BCUT2D eigenvalue weighted by molar-refractivity contribution is 7.98. The van der Waals surface area contributed by atoms with Gasteiger partial charge in [0.25, 0.3) is 0 Å². The lowest BCUT2D eigenvalue weighted by Gasteiger charge is -2.05. The van der Waals surface area contributed by atoms with Gasteiger partial charge in [-0.05, 0) is 30.9 Å². The maximum atomic E-state index is 5.35. The first kappa shape index (κ1) is 8.14. The molecule has 1 aliphatic heterocycles. The summed E-state index contributed by atoms with van der Waals surface area (Å²) < 4.78 is 5.35. The Balaban J connectivity index is 2.25. The summed E-state index contributed by atoms with van der Waals surface area (Å²) in [5.74, 6) is 0. The van der Waals surface area contributed by atoms with Crippen LogP contribution in [0.3, 0.4) is 0 Å². The van der Waals surface area contributed by atoms with Crippen molar-refractivity contribution in [2.24, 2.45) is 0 Å². The number of hydrogen-bond acceptors (Lipinski definition) is 2. The number of hydrogen-bond donors (Lipinski definition) is 0. The highest BCUT2D eigenvalue weighted by atomic mass is 32.2. The van der Waals surface area contributed by atoms with Gasteiger partial charge in [-0.1, -0.05) is 12.1 Å². The van der Waals surface area contributed by atoms with Crippen molar-refractivity contribution in [3.05, 3.63) is 29.8 Å². The van der Waals surface area contributed by atoms with Crippen LogP contribution in [0, 0.1) is 0 Å². The molecule has 2 heteroatoms. The van der Waals surface area contributed by atoms with Crippen molar-refractivity contribution in [3.63, 3.8) is 0 Å². The molecule has 12 heavy (non-hydrogen) atoms. The second-order valence-corrected chi connectivity index (χ2v) is 4.13. The molecule has 0 aliphatic carbocycles. The number of ether oxygens (including phenoxy) is 1. The molecule has 1 aromatic carbocycles. The minimum Gasteiger partial charge on any atom is -0.365 e. The van der Waals surface area contributed by atoms with Gasteiger partial charge in [0.15, 0.2) is 0 Å². The van der Waals surface area contributed by atoms with Crippen LogP contribution >= 0.6 is 11.8 Å². The van der Waals surface area contributed by atoms with E-state index in [0.717, 1.165) is 6.61 Å². The summed E-state index contributed by atoms with van der Waals surface area (Å²) in [7, 11) is 0. The molecular weight excluding hydrogens is 168 g/mol. The van der Waals surface area contributed by atoms with Crippen LogP contribution in [0.15, 0.2) is 29.2 Å². The van der Waals surface area contributed by atoms with E-state index in [1.807, 2.05) is 0 Å². The molecule has 0 N–H and O–H groups in total. The van der Waals surface area contributed by atoms with E-state index in [4.69, 9.17) is 4.74 Å². The Morgan fingerprint density at radius 3 is 2.33 bits per heavy atom. The van der Waals surface area contributed by atoms with Crippen molar-refractivity contribution in [1.29, 1.82) is 0 Å². The first-order chi connectivity index (χ1) is 5.74. The van der Waals surface area contributed by atoms with Gasteiger partial charge in [0.1, 0.15) is 5.60 Å². The molecule has 0 saturated carbocycles. The van der Waals surface area contributed by atoms with Gasteiger partial charge in [0.05, 0.1) is 6.61 Å². The molecule has 1 nitrogen and oxygen atoms in total. The van der Waals surface area contributed by atoms with Crippen LogP contribution in [0.25, 0.3) is 0 Å². The van der Waals surface area contributed by atoms with Crippen LogP contribution < -0.4 is 0 Å². The minimum atomic E-state index is 0.0247. The van der Waals surface area contributed by atoms with E-state index in [0.29, 0.717) is 0 Å². The molecule has 0 radical (unpaired) electrons. The lowest BCUT2D eigenvalue weighted by Crippen LogP contribution is -2.00. The molecule has 64 valence electrons. The maximum absolute atomic E-state index is 5.35. The molecule has 0 spiro atoms. The standard InChI is InChI=1S/C10H12OS/c1-10(7-11-10)8-3-5-9(12-2)6-4-8/h3-6H,7H2,1-2H3. The van der Waals surface area contributed by atoms with Gasteiger partial charge < -0.3 is 4.74 Å². The van der Waals surface area contributed by atoms with Crippen molar-refractivity contribution in [1.82, 2.24) is 0 Å². The van der Waals surface area contributed by atoms with Gasteiger partial charge in [-0.25, -0.2) is 0 Å². The van der Waals surface area contributed by atoms with Gasteiger partial charge in [-0.2, -0.15) is 0 Å². The SMILES string of the molecule is CSc1ccc(C2(C)CO2)cc1. The second-order valence-electron chi connectivity index (χ2n) is 3.25. The third-order valence-corrected chi connectivity index (χ3v) is 3.02. The average molecular weight is 180 g/mol. The predicted molar refractivity (Wildman–Crippen MR) is 51.5 cm³/mol. The normalized spacial score (nSPS) is 27.2. The van der Waals surface area contributed by atoms with Crippen molar-refractivity contribution < 1.29 is 4.74 Å². The Labute approximate surface area is 77.1 Å². The highest BCUT2D eigenvalue weighted by Gasteiger charge is 2.40. The van der Waals surface area contributed by atoms with Crippen LogP contribution in [0.4, 0.5) is 0 Å². The summed E-state index contributed by atoms with van der Waals surface area (Å²) in [6, 6.07) is 8.59. The van der Waals surface area contributed by atoms with Crippen LogP contribution in [0.2, 0.25) is 0 Å². The van der Waals surface area contributed by atoms with Crippen LogP contribution in [0.5, 0.6) is 0 Å². The molecule has 1 aromatic rings. The zero-order valence-electron chi connectivity index (χ0n) is 7.33.